The van der Waals surface area contributed by atoms with Crippen molar-refractivity contribution in [1.29, 1.82) is 0 Å². The first-order chi connectivity index (χ1) is 25.8. The maximum Gasteiger partial charge on any atom is 0.0640 e. The fourth-order valence-electron chi connectivity index (χ4n) is 7.82. The minimum absolute atomic E-state index is 1.11. The van der Waals surface area contributed by atoms with Gasteiger partial charge < -0.3 is 4.90 Å². The SMILES string of the molecule is c1ccc(-c2cccc(N(c3cccc(-c4ccc5ccccc5c4)c3-c3cccc4ccccc34)c3cccc4c3sc3ccccc34)c2)cc1. The van der Waals surface area contributed by atoms with Crippen LogP contribution in [0.25, 0.3) is 75.1 Å². The highest BCUT2D eigenvalue weighted by molar-refractivity contribution is 7.26. The lowest BCUT2D eigenvalue weighted by molar-refractivity contribution is 1.30. The van der Waals surface area contributed by atoms with Crippen LogP contribution >= 0.6 is 11.3 Å². The van der Waals surface area contributed by atoms with E-state index in [-0.39, 0.29) is 0 Å². The molecule has 10 rings (SSSR count). The van der Waals surface area contributed by atoms with Gasteiger partial charge in [0, 0.05) is 26.7 Å². The molecule has 0 unspecified atom stereocenters. The van der Waals surface area contributed by atoms with Crippen molar-refractivity contribution in [3.05, 3.63) is 200 Å². The van der Waals surface area contributed by atoms with Crippen LogP contribution in [0.3, 0.4) is 0 Å². The quantitative estimate of drug-likeness (QED) is 0.169. The molecule has 0 saturated heterocycles. The first-order valence-corrected chi connectivity index (χ1v) is 18.6. The summed E-state index contributed by atoms with van der Waals surface area (Å²) in [4.78, 5) is 2.51. The number of benzene rings is 9. The third-order valence-electron chi connectivity index (χ3n) is 10.2. The fraction of sp³-hybridized carbons (Fsp3) is 0. The van der Waals surface area contributed by atoms with Crippen molar-refractivity contribution in [1.82, 2.24) is 0 Å². The number of hydrogen-bond acceptors (Lipinski definition) is 2. The Morgan fingerprint density at radius 3 is 1.88 bits per heavy atom. The summed E-state index contributed by atoms with van der Waals surface area (Å²) in [6, 6.07) is 73.1. The molecule has 0 aliphatic carbocycles. The van der Waals surface area contributed by atoms with Gasteiger partial charge in [0.05, 0.1) is 16.1 Å². The number of nitrogens with zero attached hydrogens (tertiary/aromatic N) is 1. The molecule has 52 heavy (non-hydrogen) atoms. The molecule has 0 amide bonds. The van der Waals surface area contributed by atoms with E-state index in [1.165, 1.54) is 80.8 Å². The molecule has 244 valence electrons. The second-order valence-electron chi connectivity index (χ2n) is 13.3. The van der Waals surface area contributed by atoms with E-state index in [1.54, 1.807) is 0 Å². The van der Waals surface area contributed by atoms with Crippen molar-refractivity contribution in [2.75, 3.05) is 4.90 Å². The maximum absolute atomic E-state index is 2.51. The highest BCUT2D eigenvalue weighted by Crippen LogP contribution is 2.50. The van der Waals surface area contributed by atoms with Crippen LogP contribution in [0.1, 0.15) is 0 Å². The minimum Gasteiger partial charge on any atom is -0.308 e. The van der Waals surface area contributed by atoms with Crippen molar-refractivity contribution in [3.63, 3.8) is 0 Å². The number of rotatable bonds is 6. The van der Waals surface area contributed by atoms with Gasteiger partial charge in [-0.05, 0) is 85.8 Å². The van der Waals surface area contributed by atoms with Crippen LogP contribution in [0.4, 0.5) is 17.1 Å². The Hall–Kier alpha value is -6.48. The van der Waals surface area contributed by atoms with Crippen LogP contribution in [0.2, 0.25) is 0 Å². The molecule has 0 bridgehead atoms. The zero-order chi connectivity index (χ0) is 34.4. The van der Waals surface area contributed by atoms with Gasteiger partial charge in [-0.15, -0.1) is 11.3 Å². The van der Waals surface area contributed by atoms with Gasteiger partial charge in [0.15, 0.2) is 0 Å². The molecule has 9 aromatic carbocycles. The molecule has 0 radical (unpaired) electrons. The molecule has 0 saturated carbocycles. The van der Waals surface area contributed by atoms with Gasteiger partial charge in [-0.2, -0.15) is 0 Å². The van der Waals surface area contributed by atoms with E-state index in [4.69, 9.17) is 0 Å². The van der Waals surface area contributed by atoms with E-state index in [2.05, 4.69) is 205 Å². The van der Waals surface area contributed by atoms with Crippen LogP contribution in [0.15, 0.2) is 200 Å². The molecule has 0 fully saturated rings. The fourth-order valence-corrected chi connectivity index (χ4v) is 9.03. The summed E-state index contributed by atoms with van der Waals surface area (Å²) in [6.45, 7) is 0. The molecule has 1 heterocycles. The van der Waals surface area contributed by atoms with Crippen LogP contribution in [0, 0.1) is 0 Å². The van der Waals surface area contributed by atoms with E-state index in [0.717, 1.165) is 11.4 Å². The number of hydrogen-bond donors (Lipinski definition) is 0. The van der Waals surface area contributed by atoms with E-state index < -0.39 is 0 Å². The standard InChI is InChI=1S/C50H33NS/c1-2-14-34(15-3-1)38-20-10-21-40(33-38)51(47-28-13-26-45-43-23-8-9-29-48(43)52-50(45)47)46-27-12-24-42(39-31-30-35-16-4-5-18-37(35)32-39)49(46)44-25-11-19-36-17-6-7-22-41(36)44/h1-33H. The van der Waals surface area contributed by atoms with Gasteiger partial charge in [0.1, 0.15) is 0 Å². The Balaban J connectivity index is 1.32. The Morgan fingerprint density at radius 2 is 0.981 bits per heavy atom. The Bertz CT molecular complexity index is 2910. The van der Waals surface area contributed by atoms with Gasteiger partial charge in [-0.3, -0.25) is 0 Å². The summed E-state index contributed by atoms with van der Waals surface area (Å²) in [6.07, 6.45) is 0. The maximum atomic E-state index is 2.51. The Kier molecular flexibility index (Phi) is 7.41. The van der Waals surface area contributed by atoms with Gasteiger partial charge in [0.2, 0.25) is 0 Å². The lowest BCUT2D eigenvalue weighted by Gasteiger charge is -2.30. The summed E-state index contributed by atoms with van der Waals surface area (Å²) >= 11 is 1.87. The highest BCUT2D eigenvalue weighted by Gasteiger charge is 2.24. The highest BCUT2D eigenvalue weighted by atomic mass is 32.1. The lowest BCUT2D eigenvalue weighted by Crippen LogP contribution is -2.12. The first-order valence-electron chi connectivity index (χ1n) is 17.8. The topological polar surface area (TPSA) is 3.24 Å². The normalized spacial score (nSPS) is 11.5. The molecule has 1 aromatic heterocycles. The molecule has 10 aromatic rings. The number of thiophene rings is 1. The molecule has 2 heteroatoms. The van der Waals surface area contributed by atoms with Crippen molar-refractivity contribution in [2.45, 2.75) is 0 Å². The number of fused-ring (bicyclic) bond motifs is 5. The Morgan fingerprint density at radius 1 is 0.346 bits per heavy atom. The molecule has 1 nitrogen and oxygen atoms in total. The minimum atomic E-state index is 1.11. The predicted molar refractivity (Wildman–Crippen MR) is 225 cm³/mol. The summed E-state index contributed by atoms with van der Waals surface area (Å²) in [5.74, 6) is 0. The third-order valence-corrected chi connectivity index (χ3v) is 11.4. The summed E-state index contributed by atoms with van der Waals surface area (Å²) in [7, 11) is 0. The second-order valence-corrected chi connectivity index (χ2v) is 14.3. The number of anilines is 3. The molecular formula is C50H33NS. The van der Waals surface area contributed by atoms with E-state index in [9.17, 15) is 0 Å². The van der Waals surface area contributed by atoms with Gasteiger partial charge >= 0.3 is 0 Å². The molecule has 0 aliphatic heterocycles. The van der Waals surface area contributed by atoms with Crippen LogP contribution in [0.5, 0.6) is 0 Å². The molecular weight excluding hydrogens is 647 g/mol. The molecule has 0 atom stereocenters. The monoisotopic (exact) mass is 679 g/mol. The average molecular weight is 680 g/mol. The van der Waals surface area contributed by atoms with E-state index in [1.807, 2.05) is 11.3 Å². The largest absolute Gasteiger partial charge is 0.308 e. The van der Waals surface area contributed by atoms with Gasteiger partial charge in [-0.25, -0.2) is 0 Å². The van der Waals surface area contributed by atoms with E-state index >= 15 is 0 Å². The van der Waals surface area contributed by atoms with Crippen LogP contribution in [-0.4, -0.2) is 0 Å². The lowest BCUT2D eigenvalue weighted by atomic mass is 9.88. The van der Waals surface area contributed by atoms with Crippen molar-refractivity contribution in [3.8, 4) is 33.4 Å². The average Bonchev–Trinajstić information content (AvgIpc) is 3.61. The van der Waals surface area contributed by atoms with Crippen molar-refractivity contribution in [2.24, 2.45) is 0 Å². The molecule has 0 spiro atoms. The zero-order valence-electron chi connectivity index (χ0n) is 28.4. The summed E-state index contributed by atoms with van der Waals surface area (Å²) in [5.41, 5.74) is 10.6. The first kappa shape index (κ1) is 30.4. The van der Waals surface area contributed by atoms with Gasteiger partial charge in [0.25, 0.3) is 0 Å². The van der Waals surface area contributed by atoms with Crippen LogP contribution < -0.4 is 4.90 Å². The van der Waals surface area contributed by atoms with E-state index in [0.29, 0.717) is 0 Å². The summed E-state index contributed by atoms with van der Waals surface area (Å²) in [5, 5.41) is 7.50. The van der Waals surface area contributed by atoms with Crippen molar-refractivity contribution >= 4 is 70.1 Å². The smallest absolute Gasteiger partial charge is 0.0640 e. The molecule has 0 aliphatic rings. The van der Waals surface area contributed by atoms with Crippen molar-refractivity contribution < 1.29 is 0 Å². The zero-order valence-corrected chi connectivity index (χ0v) is 29.2. The summed E-state index contributed by atoms with van der Waals surface area (Å²) < 4.78 is 2.57. The third kappa shape index (κ3) is 5.16. The second kappa shape index (κ2) is 12.7. The van der Waals surface area contributed by atoms with Crippen LogP contribution in [-0.2, 0) is 0 Å². The predicted octanol–water partition coefficient (Wildman–Crippen LogP) is 14.8. The van der Waals surface area contributed by atoms with Gasteiger partial charge in [-0.1, -0.05) is 164 Å². The Labute approximate surface area is 307 Å². The molecule has 0 N–H and O–H groups in total.